The van der Waals surface area contributed by atoms with E-state index in [1.54, 1.807) is 0 Å². The van der Waals surface area contributed by atoms with Crippen molar-refractivity contribution >= 4 is 17.5 Å². The summed E-state index contributed by atoms with van der Waals surface area (Å²) in [5, 5.41) is 0. The van der Waals surface area contributed by atoms with Crippen LogP contribution >= 0.6 is 0 Å². The van der Waals surface area contributed by atoms with Crippen molar-refractivity contribution in [3.8, 4) is 0 Å². The number of amides is 2. The molecule has 4 heteroatoms. The van der Waals surface area contributed by atoms with Gasteiger partial charge in [0.1, 0.15) is 0 Å². The van der Waals surface area contributed by atoms with Gasteiger partial charge in [0, 0.05) is 37.2 Å². The van der Waals surface area contributed by atoms with Crippen LogP contribution < -0.4 is 4.90 Å². The molecule has 0 N–H and O–H groups in total. The summed E-state index contributed by atoms with van der Waals surface area (Å²) in [4.78, 5) is 29.0. The molecule has 0 unspecified atom stereocenters. The van der Waals surface area contributed by atoms with Gasteiger partial charge in [-0.15, -0.1) is 0 Å². The van der Waals surface area contributed by atoms with Gasteiger partial charge in [0.05, 0.1) is 6.42 Å². The number of nitrogens with zero attached hydrogens (tertiary/aromatic N) is 2. The fourth-order valence-electron chi connectivity index (χ4n) is 4.04. The Hall–Kier alpha value is -2.62. The topological polar surface area (TPSA) is 40.6 Å². The Kier molecular flexibility index (Phi) is 4.04. The molecule has 0 aliphatic carbocycles. The average Bonchev–Trinajstić information content (AvgIpc) is 3.20. The molecule has 2 aromatic carbocycles. The number of hydrogen-bond donors (Lipinski definition) is 0. The summed E-state index contributed by atoms with van der Waals surface area (Å²) in [5.41, 5.74) is 1.92. The van der Waals surface area contributed by atoms with E-state index >= 15 is 0 Å². The van der Waals surface area contributed by atoms with E-state index in [1.165, 1.54) is 0 Å². The summed E-state index contributed by atoms with van der Waals surface area (Å²) in [6.45, 7) is 2.15. The zero-order chi connectivity index (χ0) is 17.3. The summed E-state index contributed by atoms with van der Waals surface area (Å²) in [7, 11) is 0. The smallest absolute Gasteiger partial charge is 0.227 e. The molecule has 0 saturated carbocycles. The number of rotatable bonds is 3. The van der Waals surface area contributed by atoms with Crippen molar-refractivity contribution in [1.29, 1.82) is 0 Å². The van der Waals surface area contributed by atoms with Gasteiger partial charge >= 0.3 is 0 Å². The lowest BCUT2D eigenvalue weighted by molar-refractivity contribution is -0.130. The normalized spacial score (nSPS) is 22.8. The van der Waals surface area contributed by atoms with Gasteiger partial charge in [-0.2, -0.15) is 0 Å². The summed E-state index contributed by atoms with van der Waals surface area (Å²) >= 11 is 0. The number of anilines is 1. The number of benzene rings is 2. The van der Waals surface area contributed by atoms with Crippen LogP contribution in [0.3, 0.4) is 0 Å². The highest BCUT2D eigenvalue weighted by Crippen LogP contribution is 2.41. The minimum Gasteiger partial charge on any atom is -0.342 e. The minimum absolute atomic E-state index is 0.0841. The molecule has 2 heterocycles. The molecule has 2 aliphatic rings. The number of para-hydroxylation sites is 1. The second kappa shape index (κ2) is 6.36. The van der Waals surface area contributed by atoms with Crippen LogP contribution in [0.15, 0.2) is 60.7 Å². The van der Waals surface area contributed by atoms with Crippen LogP contribution in [-0.2, 0) is 16.0 Å². The van der Waals surface area contributed by atoms with Gasteiger partial charge in [0.25, 0.3) is 0 Å². The molecule has 2 aliphatic heterocycles. The maximum Gasteiger partial charge on any atom is 0.227 e. The van der Waals surface area contributed by atoms with Gasteiger partial charge in [0.2, 0.25) is 11.8 Å². The molecule has 2 amide bonds. The Morgan fingerprint density at radius 3 is 2.36 bits per heavy atom. The molecule has 2 saturated heterocycles. The number of likely N-dealkylation sites (tertiary alicyclic amines) is 1. The fourth-order valence-corrected chi connectivity index (χ4v) is 4.04. The van der Waals surface area contributed by atoms with Crippen molar-refractivity contribution in [2.75, 3.05) is 24.5 Å². The molecule has 4 rings (SSSR count). The van der Waals surface area contributed by atoms with E-state index in [0.717, 1.165) is 24.2 Å². The number of carbonyl (C=O) groups excluding carboxylic acids is 2. The van der Waals surface area contributed by atoms with Crippen molar-refractivity contribution in [3.63, 3.8) is 0 Å². The average molecular weight is 334 g/mol. The third kappa shape index (κ3) is 3.16. The van der Waals surface area contributed by atoms with Crippen LogP contribution in [0, 0.1) is 5.41 Å². The first-order chi connectivity index (χ1) is 12.2. The summed E-state index contributed by atoms with van der Waals surface area (Å²) in [6.07, 6.45) is 1.88. The van der Waals surface area contributed by atoms with E-state index in [9.17, 15) is 9.59 Å². The van der Waals surface area contributed by atoms with Gasteiger partial charge in [0.15, 0.2) is 0 Å². The maximum atomic E-state index is 12.6. The van der Waals surface area contributed by atoms with Gasteiger partial charge in [-0.25, -0.2) is 0 Å². The Morgan fingerprint density at radius 2 is 1.64 bits per heavy atom. The molecule has 1 spiro atoms. The van der Waals surface area contributed by atoms with Crippen molar-refractivity contribution in [2.45, 2.75) is 19.3 Å². The summed E-state index contributed by atoms with van der Waals surface area (Å²) in [5.74, 6) is 0.331. The Balaban J connectivity index is 1.43. The quantitative estimate of drug-likeness (QED) is 0.866. The Labute approximate surface area is 148 Å². The van der Waals surface area contributed by atoms with Crippen molar-refractivity contribution < 1.29 is 9.59 Å². The molecular formula is C21H22N2O2. The first-order valence-corrected chi connectivity index (χ1v) is 8.82. The Bertz CT molecular complexity index is 775. The second-order valence-corrected chi connectivity index (χ2v) is 7.22. The molecule has 0 bridgehead atoms. The first-order valence-electron chi connectivity index (χ1n) is 8.82. The highest BCUT2D eigenvalue weighted by Gasteiger charge is 2.48. The van der Waals surface area contributed by atoms with Gasteiger partial charge in [-0.1, -0.05) is 48.5 Å². The van der Waals surface area contributed by atoms with Crippen LogP contribution in [-0.4, -0.2) is 36.3 Å². The lowest BCUT2D eigenvalue weighted by atomic mass is 9.86. The SMILES string of the molecule is O=C(Cc1ccccc1)N1CC[C@]2(CC(=O)N(c3ccccc3)C2)C1. The standard InChI is InChI=1S/C21H22N2O2/c24-19(13-17-7-3-1-4-8-17)22-12-11-21(15-22)14-20(25)23(16-21)18-9-5-2-6-10-18/h1-10H,11-16H2/t21-/m0/s1. The zero-order valence-corrected chi connectivity index (χ0v) is 14.2. The molecule has 2 aromatic rings. The molecule has 25 heavy (non-hydrogen) atoms. The van der Waals surface area contributed by atoms with E-state index in [2.05, 4.69) is 0 Å². The largest absolute Gasteiger partial charge is 0.342 e. The predicted octanol–water partition coefficient (Wildman–Crippen LogP) is 2.88. The highest BCUT2D eigenvalue weighted by molar-refractivity contribution is 5.96. The lowest BCUT2D eigenvalue weighted by Crippen LogP contribution is -2.34. The third-order valence-electron chi connectivity index (χ3n) is 5.38. The van der Waals surface area contributed by atoms with Crippen LogP contribution in [0.4, 0.5) is 5.69 Å². The van der Waals surface area contributed by atoms with Crippen LogP contribution in [0.2, 0.25) is 0 Å². The maximum absolute atomic E-state index is 12.6. The van der Waals surface area contributed by atoms with E-state index in [1.807, 2.05) is 70.5 Å². The summed E-state index contributed by atoms with van der Waals surface area (Å²) < 4.78 is 0. The molecule has 0 radical (unpaired) electrons. The third-order valence-corrected chi connectivity index (χ3v) is 5.38. The van der Waals surface area contributed by atoms with Crippen LogP contribution in [0.5, 0.6) is 0 Å². The van der Waals surface area contributed by atoms with E-state index in [-0.39, 0.29) is 17.2 Å². The molecule has 0 aromatic heterocycles. The number of hydrogen-bond acceptors (Lipinski definition) is 2. The molecular weight excluding hydrogens is 312 g/mol. The number of carbonyl (C=O) groups is 2. The van der Waals surface area contributed by atoms with Crippen LogP contribution in [0.1, 0.15) is 18.4 Å². The van der Waals surface area contributed by atoms with Crippen LogP contribution in [0.25, 0.3) is 0 Å². The molecule has 128 valence electrons. The zero-order valence-electron chi connectivity index (χ0n) is 14.2. The monoisotopic (exact) mass is 334 g/mol. The Morgan fingerprint density at radius 1 is 0.960 bits per heavy atom. The molecule has 2 fully saturated rings. The van der Waals surface area contributed by atoms with Gasteiger partial charge in [-0.05, 0) is 24.1 Å². The fraction of sp³-hybridized carbons (Fsp3) is 0.333. The molecule has 4 nitrogen and oxygen atoms in total. The minimum atomic E-state index is -0.0841. The van der Waals surface area contributed by atoms with E-state index < -0.39 is 0 Å². The predicted molar refractivity (Wildman–Crippen MR) is 97.2 cm³/mol. The van der Waals surface area contributed by atoms with Crippen molar-refractivity contribution in [1.82, 2.24) is 4.90 Å². The first kappa shape index (κ1) is 15.9. The second-order valence-electron chi connectivity index (χ2n) is 7.22. The van der Waals surface area contributed by atoms with E-state index in [4.69, 9.17) is 0 Å². The van der Waals surface area contributed by atoms with E-state index in [0.29, 0.717) is 25.9 Å². The highest BCUT2D eigenvalue weighted by atomic mass is 16.2. The van der Waals surface area contributed by atoms with Gasteiger partial charge < -0.3 is 9.80 Å². The van der Waals surface area contributed by atoms with Crippen molar-refractivity contribution in [3.05, 3.63) is 66.2 Å². The van der Waals surface area contributed by atoms with Gasteiger partial charge in [-0.3, -0.25) is 9.59 Å². The molecule has 1 atom stereocenters. The lowest BCUT2D eigenvalue weighted by Gasteiger charge is -2.24. The summed E-state index contributed by atoms with van der Waals surface area (Å²) in [6, 6.07) is 19.7. The van der Waals surface area contributed by atoms with Crippen molar-refractivity contribution in [2.24, 2.45) is 5.41 Å².